The van der Waals surface area contributed by atoms with E-state index in [1.54, 1.807) is 12.1 Å². The molecule has 1 aromatic heterocycles. The molecule has 114 valence electrons. The first kappa shape index (κ1) is 14.5. The van der Waals surface area contributed by atoms with Crippen molar-refractivity contribution in [1.82, 2.24) is 9.55 Å². The summed E-state index contributed by atoms with van der Waals surface area (Å²) in [6, 6.07) is 9.33. The van der Waals surface area contributed by atoms with Gasteiger partial charge in [-0.25, -0.2) is 13.8 Å². The van der Waals surface area contributed by atoms with Crippen molar-refractivity contribution in [2.75, 3.05) is 12.3 Å². The second-order valence-electron chi connectivity index (χ2n) is 5.27. The lowest BCUT2D eigenvalue weighted by Crippen LogP contribution is -2.17. The molecule has 0 radical (unpaired) electrons. The van der Waals surface area contributed by atoms with Gasteiger partial charge in [-0.1, -0.05) is 12.1 Å². The van der Waals surface area contributed by atoms with Crippen molar-refractivity contribution >= 4 is 16.7 Å². The van der Waals surface area contributed by atoms with Crippen molar-refractivity contribution in [3.05, 3.63) is 48.0 Å². The predicted octanol–water partition coefficient (Wildman–Crippen LogP) is 3.08. The van der Waals surface area contributed by atoms with Crippen molar-refractivity contribution in [3.8, 4) is 11.4 Å². The van der Waals surface area contributed by atoms with Crippen molar-refractivity contribution in [1.29, 1.82) is 0 Å². The molecule has 1 unspecified atom stereocenters. The molecule has 1 atom stereocenters. The molecule has 3 aromatic rings. The third-order valence-corrected chi connectivity index (χ3v) is 3.66. The first-order valence-electron chi connectivity index (χ1n) is 6.94. The fourth-order valence-electron chi connectivity index (χ4n) is 2.52. The molecule has 3 rings (SSSR count). The van der Waals surface area contributed by atoms with Gasteiger partial charge in [-0.05, 0) is 19.1 Å². The maximum Gasteiger partial charge on any atom is 0.161 e. The molecule has 0 aliphatic carbocycles. The van der Waals surface area contributed by atoms with Gasteiger partial charge < -0.3 is 16.0 Å². The molecular weight excluding hydrogens is 286 g/mol. The number of nitrogen functional groups attached to an aromatic ring is 1. The molecule has 4 N–H and O–H groups in total. The summed E-state index contributed by atoms with van der Waals surface area (Å²) in [7, 11) is 0. The Morgan fingerprint density at radius 1 is 1.18 bits per heavy atom. The highest BCUT2D eigenvalue weighted by Crippen LogP contribution is 2.30. The lowest BCUT2D eigenvalue weighted by atomic mass is 10.2. The van der Waals surface area contributed by atoms with Gasteiger partial charge in [0.25, 0.3) is 0 Å². The Hall–Kier alpha value is -2.47. The molecule has 0 saturated heterocycles. The maximum absolute atomic E-state index is 13.6. The first-order valence-corrected chi connectivity index (χ1v) is 6.94. The molecule has 0 aliphatic rings. The van der Waals surface area contributed by atoms with Gasteiger partial charge in [0.1, 0.15) is 5.82 Å². The second-order valence-corrected chi connectivity index (χ2v) is 5.27. The molecule has 0 fully saturated rings. The summed E-state index contributed by atoms with van der Waals surface area (Å²) in [4.78, 5) is 4.44. The quantitative estimate of drug-likeness (QED) is 0.730. The molecule has 0 aliphatic heterocycles. The maximum atomic E-state index is 13.6. The van der Waals surface area contributed by atoms with Crippen LogP contribution >= 0.6 is 0 Å². The zero-order valence-corrected chi connectivity index (χ0v) is 12.1. The lowest BCUT2D eigenvalue weighted by Gasteiger charge is -2.16. The molecule has 22 heavy (non-hydrogen) atoms. The lowest BCUT2D eigenvalue weighted by molar-refractivity contribution is 0.509. The minimum absolute atomic E-state index is 0.119. The monoisotopic (exact) mass is 302 g/mol. The van der Waals surface area contributed by atoms with Crippen LogP contribution in [0.1, 0.15) is 13.0 Å². The Bertz CT molecular complexity index is 842. The Morgan fingerprint density at radius 3 is 2.59 bits per heavy atom. The summed E-state index contributed by atoms with van der Waals surface area (Å²) in [5.41, 5.74) is 13.8. The number of hydrogen-bond donors (Lipinski definition) is 2. The van der Waals surface area contributed by atoms with Crippen LogP contribution in [-0.4, -0.2) is 16.1 Å². The van der Waals surface area contributed by atoms with Crippen LogP contribution < -0.4 is 11.5 Å². The fourth-order valence-corrected chi connectivity index (χ4v) is 2.52. The average molecular weight is 302 g/mol. The minimum Gasteiger partial charge on any atom is -0.399 e. The van der Waals surface area contributed by atoms with Crippen molar-refractivity contribution < 1.29 is 8.78 Å². The number of fused-ring (bicyclic) bond motifs is 1. The number of imidazole rings is 1. The molecule has 1 heterocycles. The molecule has 0 amide bonds. The van der Waals surface area contributed by atoms with E-state index in [0.717, 1.165) is 17.7 Å². The van der Waals surface area contributed by atoms with Crippen molar-refractivity contribution in [2.24, 2.45) is 5.73 Å². The summed E-state index contributed by atoms with van der Waals surface area (Å²) in [5, 5.41) is 0. The van der Waals surface area contributed by atoms with E-state index in [1.807, 2.05) is 23.6 Å². The largest absolute Gasteiger partial charge is 0.399 e. The molecule has 6 heteroatoms. The molecule has 0 saturated carbocycles. The Balaban J connectivity index is 2.33. The van der Waals surface area contributed by atoms with Crippen LogP contribution in [0.15, 0.2) is 36.4 Å². The van der Waals surface area contributed by atoms with Gasteiger partial charge in [-0.15, -0.1) is 0 Å². The van der Waals surface area contributed by atoms with E-state index in [0.29, 0.717) is 29.1 Å². The van der Waals surface area contributed by atoms with Crippen LogP contribution in [0.2, 0.25) is 0 Å². The van der Waals surface area contributed by atoms with Gasteiger partial charge in [0, 0.05) is 36.0 Å². The Labute approximate surface area is 126 Å². The standard InChI is InChI=1S/C16H16F2N4/c1-9(8-19)22-15-7-13(18)12(17)6-14(15)21-16(22)10-3-2-4-11(20)5-10/h2-7,9H,8,19-20H2,1H3. The molecule has 0 spiro atoms. The first-order chi connectivity index (χ1) is 10.5. The van der Waals surface area contributed by atoms with Gasteiger partial charge in [-0.2, -0.15) is 0 Å². The zero-order chi connectivity index (χ0) is 15.9. The van der Waals surface area contributed by atoms with E-state index >= 15 is 0 Å². The number of anilines is 1. The van der Waals surface area contributed by atoms with Gasteiger partial charge >= 0.3 is 0 Å². The SMILES string of the molecule is CC(CN)n1c(-c2cccc(N)c2)nc2cc(F)c(F)cc21. The van der Waals surface area contributed by atoms with E-state index in [9.17, 15) is 8.78 Å². The summed E-state index contributed by atoms with van der Waals surface area (Å²) < 4.78 is 28.9. The number of rotatable bonds is 3. The fraction of sp³-hybridized carbons (Fsp3) is 0.188. The molecular formula is C16H16F2N4. The van der Waals surface area contributed by atoms with Crippen LogP contribution in [0.4, 0.5) is 14.5 Å². The third kappa shape index (κ3) is 2.31. The van der Waals surface area contributed by atoms with E-state index < -0.39 is 11.6 Å². The second kappa shape index (κ2) is 5.38. The highest BCUT2D eigenvalue weighted by molar-refractivity contribution is 5.81. The summed E-state index contributed by atoms with van der Waals surface area (Å²) in [6.07, 6.45) is 0. The van der Waals surface area contributed by atoms with Crippen LogP contribution in [0, 0.1) is 11.6 Å². The third-order valence-electron chi connectivity index (χ3n) is 3.66. The van der Waals surface area contributed by atoms with Crippen LogP contribution in [-0.2, 0) is 0 Å². The normalized spacial score (nSPS) is 12.7. The summed E-state index contributed by atoms with van der Waals surface area (Å²) in [5.74, 6) is -1.24. The van der Waals surface area contributed by atoms with Gasteiger partial charge in [-0.3, -0.25) is 0 Å². The zero-order valence-electron chi connectivity index (χ0n) is 12.1. The summed E-state index contributed by atoms with van der Waals surface area (Å²) >= 11 is 0. The van der Waals surface area contributed by atoms with Crippen molar-refractivity contribution in [2.45, 2.75) is 13.0 Å². The number of nitrogens with two attached hydrogens (primary N) is 2. The minimum atomic E-state index is -0.920. The highest BCUT2D eigenvalue weighted by Gasteiger charge is 2.18. The Kier molecular flexibility index (Phi) is 3.54. The number of hydrogen-bond acceptors (Lipinski definition) is 3. The van der Waals surface area contributed by atoms with Gasteiger partial charge in [0.05, 0.1) is 11.0 Å². The highest BCUT2D eigenvalue weighted by atomic mass is 19.2. The van der Waals surface area contributed by atoms with Gasteiger partial charge in [0.15, 0.2) is 11.6 Å². The number of aromatic nitrogens is 2. The number of halogens is 2. The predicted molar refractivity (Wildman–Crippen MR) is 83.3 cm³/mol. The molecule has 4 nitrogen and oxygen atoms in total. The number of nitrogens with zero attached hydrogens (tertiary/aromatic N) is 2. The average Bonchev–Trinajstić information content (AvgIpc) is 2.85. The van der Waals surface area contributed by atoms with E-state index in [2.05, 4.69) is 4.98 Å². The van der Waals surface area contributed by atoms with Crippen molar-refractivity contribution in [3.63, 3.8) is 0 Å². The topological polar surface area (TPSA) is 69.9 Å². The van der Waals surface area contributed by atoms with Crippen LogP contribution in [0.5, 0.6) is 0 Å². The summed E-state index contributed by atoms with van der Waals surface area (Å²) in [6.45, 7) is 2.25. The smallest absolute Gasteiger partial charge is 0.161 e. The van der Waals surface area contributed by atoms with Gasteiger partial charge in [0.2, 0.25) is 0 Å². The molecule has 0 bridgehead atoms. The molecule has 2 aromatic carbocycles. The van der Waals surface area contributed by atoms with Crippen LogP contribution in [0.3, 0.4) is 0 Å². The van der Waals surface area contributed by atoms with Crippen LogP contribution in [0.25, 0.3) is 22.4 Å². The van der Waals surface area contributed by atoms with E-state index in [-0.39, 0.29) is 6.04 Å². The van der Waals surface area contributed by atoms with E-state index in [1.165, 1.54) is 0 Å². The Morgan fingerprint density at radius 2 is 1.91 bits per heavy atom. The van der Waals surface area contributed by atoms with E-state index in [4.69, 9.17) is 11.5 Å². The number of benzene rings is 2.